The number of aliphatic carboxylic acids is 1. The molecule has 0 saturated carbocycles. The molecule has 1 aliphatic heterocycles. The van der Waals surface area contributed by atoms with Crippen LogP contribution in [-0.2, 0) is 11.4 Å². The molecule has 0 atom stereocenters. The number of amides is 1. The fourth-order valence-corrected chi connectivity index (χ4v) is 4.03. The Kier molecular flexibility index (Phi) is 5.83. The van der Waals surface area contributed by atoms with Crippen molar-refractivity contribution in [2.24, 2.45) is 0 Å². The van der Waals surface area contributed by atoms with Crippen molar-refractivity contribution in [3.63, 3.8) is 0 Å². The summed E-state index contributed by atoms with van der Waals surface area (Å²) in [6, 6.07) is 16.6. The van der Waals surface area contributed by atoms with Gasteiger partial charge >= 0.3 is 5.97 Å². The fourth-order valence-electron chi connectivity index (χ4n) is 2.84. The molecule has 1 saturated heterocycles. The van der Waals surface area contributed by atoms with E-state index < -0.39 is 11.5 Å². The molecule has 6 heteroatoms. The van der Waals surface area contributed by atoms with Crippen LogP contribution in [0.4, 0.5) is 0 Å². The Morgan fingerprint density at radius 1 is 1.04 bits per heavy atom. The first-order chi connectivity index (χ1) is 12.6. The summed E-state index contributed by atoms with van der Waals surface area (Å²) in [6.45, 7) is 0.405. The highest BCUT2D eigenvalue weighted by Gasteiger charge is 2.41. The molecule has 0 aromatic heterocycles. The smallest absolute Gasteiger partial charge is 0.329 e. The predicted octanol–water partition coefficient (Wildman–Crippen LogP) is 3.35. The van der Waals surface area contributed by atoms with Crippen LogP contribution in [0.1, 0.15) is 28.8 Å². The molecule has 1 aliphatic rings. The monoisotopic (exact) mass is 371 g/mol. The summed E-state index contributed by atoms with van der Waals surface area (Å²) < 4.78 is 5.68. The van der Waals surface area contributed by atoms with Gasteiger partial charge in [-0.05, 0) is 54.2 Å². The van der Waals surface area contributed by atoms with Crippen LogP contribution in [0.3, 0.4) is 0 Å². The summed E-state index contributed by atoms with van der Waals surface area (Å²) in [5, 5.41) is 12.3. The van der Waals surface area contributed by atoms with Crippen LogP contribution < -0.4 is 10.1 Å². The van der Waals surface area contributed by atoms with Gasteiger partial charge in [0.1, 0.15) is 17.9 Å². The van der Waals surface area contributed by atoms with Gasteiger partial charge in [-0.25, -0.2) is 4.79 Å². The van der Waals surface area contributed by atoms with Crippen molar-refractivity contribution in [1.29, 1.82) is 0 Å². The molecular weight excluding hydrogens is 350 g/mol. The maximum absolute atomic E-state index is 12.5. The topological polar surface area (TPSA) is 75.6 Å². The lowest BCUT2D eigenvalue weighted by Crippen LogP contribution is -2.56. The zero-order valence-corrected chi connectivity index (χ0v) is 15.1. The van der Waals surface area contributed by atoms with E-state index in [0.29, 0.717) is 25.0 Å². The predicted molar refractivity (Wildman–Crippen MR) is 102 cm³/mol. The molecular formula is C20H21NO4S. The molecule has 1 amide bonds. The summed E-state index contributed by atoms with van der Waals surface area (Å²) in [6.07, 6.45) is 0.892. The third kappa shape index (κ3) is 4.38. The number of carboxylic acids is 1. The van der Waals surface area contributed by atoms with Gasteiger partial charge in [-0.15, -0.1) is 0 Å². The number of ether oxygens (including phenoxy) is 1. The third-order valence-electron chi connectivity index (χ3n) is 4.47. The lowest BCUT2D eigenvalue weighted by Gasteiger charge is -2.33. The van der Waals surface area contributed by atoms with E-state index in [2.05, 4.69) is 5.32 Å². The minimum absolute atomic E-state index is 0.352. The van der Waals surface area contributed by atoms with E-state index in [1.807, 2.05) is 42.5 Å². The van der Waals surface area contributed by atoms with Crippen molar-refractivity contribution in [2.75, 3.05) is 11.5 Å². The quantitative estimate of drug-likeness (QED) is 0.814. The molecule has 2 aromatic carbocycles. The summed E-state index contributed by atoms with van der Waals surface area (Å²) in [7, 11) is 0. The number of thioether (sulfide) groups is 1. The summed E-state index contributed by atoms with van der Waals surface area (Å²) >= 11 is 1.71. The van der Waals surface area contributed by atoms with Crippen LogP contribution in [0.5, 0.6) is 5.75 Å². The first-order valence-corrected chi connectivity index (χ1v) is 9.65. The Balaban J connectivity index is 1.62. The van der Waals surface area contributed by atoms with Gasteiger partial charge in [0.25, 0.3) is 5.91 Å². The average Bonchev–Trinajstić information content (AvgIpc) is 2.68. The molecule has 0 unspecified atom stereocenters. The standard InChI is InChI=1S/C20H21NO4S/c22-18(21-20(19(23)24)10-12-26-13-11-20)16-8-6-15(7-9-16)14-25-17-4-2-1-3-5-17/h1-9H,10-14H2,(H,21,22)(H,23,24). The van der Waals surface area contributed by atoms with E-state index in [9.17, 15) is 14.7 Å². The van der Waals surface area contributed by atoms with Crippen molar-refractivity contribution < 1.29 is 19.4 Å². The lowest BCUT2D eigenvalue weighted by atomic mass is 9.92. The Morgan fingerprint density at radius 2 is 1.69 bits per heavy atom. The molecule has 1 fully saturated rings. The molecule has 2 aromatic rings. The Hall–Kier alpha value is -2.47. The molecule has 0 radical (unpaired) electrons. The Morgan fingerprint density at radius 3 is 2.31 bits per heavy atom. The first-order valence-electron chi connectivity index (χ1n) is 8.49. The maximum Gasteiger partial charge on any atom is 0.329 e. The number of carboxylic acid groups (broad SMARTS) is 1. The molecule has 0 aliphatic carbocycles. The number of hydrogen-bond acceptors (Lipinski definition) is 4. The number of benzene rings is 2. The van der Waals surface area contributed by atoms with Crippen molar-refractivity contribution in [1.82, 2.24) is 5.32 Å². The number of nitrogens with one attached hydrogen (secondary N) is 1. The van der Waals surface area contributed by atoms with Gasteiger partial charge in [0, 0.05) is 5.56 Å². The van der Waals surface area contributed by atoms with E-state index in [1.165, 1.54) is 0 Å². The molecule has 136 valence electrons. The number of carbonyl (C=O) groups excluding carboxylic acids is 1. The Labute approximate surface area is 156 Å². The Bertz CT molecular complexity index is 755. The summed E-state index contributed by atoms with van der Waals surface area (Å²) in [4.78, 5) is 24.2. The summed E-state index contributed by atoms with van der Waals surface area (Å²) in [5.41, 5.74) is 0.233. The SMILES string of the molecule is O=C(NC1(C(=O)O)CCSCC1)c1ccc(COc2ccccc2)cc1. The first kappa shape index (κ1) is 18.3. The zero-order chi connectivity index (χ0) is 18.4. The van der Waals surface area contributed by atoms with Crippen LogP contribution in [-0.4, -0.2) is 34.0 Å². The van der Waals surface area contributed by atoms with E-state index in [1.54, 1.807) is 23.9 Å². The van der Waals surface area contributed by atoms with Crippen LogP contribution in [0.25, 0.3) is 0 Å². The highest BCUT2D eigenvalue weighted by Crippen LogP contribution is 2.27. The molecule has 26 heavy (non-hydrogen) atoms. The molecule has 0 spiro atoms. The second kappa shape index (κ2) is 8.27. The minimum Gasteiger partial charge on any atom is -0.489 e. The van der Waals surface area contributed by atoms with Crippen LogP contribution >= 0.6 is 11.8 Å². The van der Waals surface area contributed by atoms with Crippen LogP contribution in [0, 0.1) is 0 Å². The van der Waals surface area contributed by atoms with Gasteiger partial charge in [-0.3, -0.25) is 4.79 Å². The summed E-state index contributed by atoms with van der Waals surface area (Å²) in [5.74, 6) is 0.951. The van der Waals surface area contributed by atoms with E-state index in [-0.39, 0.29) is 5.91 Å². The molecule has 2 N–H and O–H groups in total. The van der Waals surface area contributed by atoms with Gasteiger partial charge < -0.3 is 15.2 Å². The van der Waals surface area contributed by atoms with E-state index in [4.69, 9.17) is 4.74 Å². The largest absolute Gasteiger partial charge is 0.489 e. The van der Waals surface area contributed by atoms with Gasteiger partial charge in [0.15, 0.2) is 0 Å². The molecule has 1 heterocycles. The minimum atomic E-state index is -1.16. The van der Waals surface area contributed by atoms with Gasteiger partial charge in [0.2, 0.25) is 0 Å². The van der Waals surface area contributed by atoms with Crippen LogP contribution in [0.15, 0.2) is 54.6 Å². The van der Waals surface area contributed by atoms with Gasteiger partial charge in [-0.1, -0.05) is 30.3 Å². The van der Waals surface area contributed by atoms with Crippen molar-refractivity contribution in [2.45, 2.75) is 25.0 Å². The number of hydrogen-bond donors (Lipinski definition) is 2. The molecule has 5 nitrogen and oxygen atoms in total. The van der Waals surface area contributed by atoms with Crippen LogP contribution in [0.2, 0.25) is 0 Å². The number of carbonyl (C=O) groups is 2. The van der Waals surface area contributed by atoms with Crippen molar-refractivity contribution >= 4 is 23.6 Å². The number of para-hydroxylation sites is 1. The van der Waals surface area contributed by atoms with E-state index >= 15 is 0 Å². The van der Waals surface area contributed by atoms with E-state index in [0.717, 1.165) is 22.8 Å². The molecule has 3 rings (SSSR count). The highest BCUT2D eigenvalue weighted by atomic mass is 32.2. The van der Waals surface area contributed by atoms with Gasteiger partial charge in [-0.2, -0.15) is 11.8 Å². The van der Waals surface area contributed by atoms with Gasteiger partial charge in [0.05, 0.1) is 0 Å². The molecule has 0 bridgehead atoms. The second-order valence-electron chi connectivity index (χ2n) is 6.25. The maximum atomic E-state index is 12.5. The van der Waals surface area contributed by atoms with Crippen molar-refractivity contribution in [3.05, 3.63) is 65.7 Å². The number of rotatable bonds is 6. The van der Waals surface area contributed by atoms with Crippen molar-refractivity contribution in [3.8, 4) is 5.75 Å². The average molecular weight is 371 g/mol. The second-order valence-corrected chi connectivity index (χ2v) is 7.48. The zero-order valence-electron chi connectivity index (χ0n) is 14.3. The highest BCUT2D eigenvalue weighted by molar-refractivity contribution is 7.99. The third-order valence-corrected chi connectivity index (χ3v) is 5.46. The fraction of sp³-hybridized carbons (Fsp3) is 0.300. The lowest BCUT2D eigenvalue weighted by molar-refractivity contribution is -0.144. The normalized spacial score (nSPS) is 15.8.